The summed E-state index contributed by atoms with van der Waals surface area (Å²) in [6, 6.07) is 0. The molecule has 110 valence electrons. The van der Waals surface area contributed by atoms with Crippen molar-refractivity contribution in [3.8, 4) is 0 Å². The summed E-state index contributed by atoms with van der Waals surface area (Å²) in [7, 11) is 0. The number of hydrogen-bond donors (Lipinski definition) is 1. The van der Waals surface area contributed by atoms with Gasteiger partial charge in [-0.25, -0.2) is 9.59 Å². The minimum atomic E-state index is -4.62. The number of carbonyl (C=O) groups is 2. The largest absolute Gasteiger partial charge is 0.479 e. The first-order valence-corrected chi connectivity index (χ1v) is 5.97. The quantitative estimate of drug-likeness (QED) is 0.860. The van der Waals surface area contributed by atoms with Crippen LogP contribution in [0.25, 0.3) is 0 Å². The van der Waals surface area contributed by atoms with Crippen molar-refractivity contribution < 1.29 is 32.6 Å². The third-order valence-corrected chi connectivity index (χ3v) is 3.13. The average Bonchev–Trinajstić information content (AvgIpc) is 2.70. The molecular formula is C11H16F3NO4. The van der Waals surface area contributed by atoms with E-state index in [2.05, 4.69) is 4.74 Å². The molecule has 0 aromatic heterocycles. The lowest BCUT2D eigenvalue weighted by atomic mass is 9.91. The zero-order valence-electron chi connectivity index (χ0n) is 10.5. The van der Waals surface area contributed by atoms with Crippen LogP contribution in [-0.4, -0.2) is 46.9 Å². The van der Waals surface area contributed by atoms with E-state index in [1.807, 2.05) is 0 Å². The number of alkyl halides is 3. The van der Waals surface area contributed by atoms with E-state index in [0.29, 0.717) is 12.8 Å². The molecule has 1 aliphatic heterocycles. The number of amides is 1. The van der Waals surface area contributed by atoms with Gasteiger partial charge in [0.2, 0.25) is 0 Å². The molecule has 5 nitrogen and oxygen atoms in total. The molecule has 1 atom stereocenters. The van der Waals surface area contributed by atoms with Crippen molar-refractivity contribution in [2.24, 2.45) is 0 Å². The Balaban J connectivity index is 2.79. The van der Waals surface area contributed by atoms with Crippen LogP contribution in [0.1, 0.15) is 32.6 Å². The molecule has 0 bridgehead atoms. The maximum atomic E-state index is 12.0. The Morgan fingerprint density at radius 1 is 1.42 bits per heavy atom. The molecule has 1 aliphatic rings. The van der Waals surface area contributed by atoms with Crippen LogP contribution in [0.5, 0.6) is 0 Å². The van der Waals surface area contributed by atoms with Gasteiger partial charge in [-0.05, 0) is 19.3 Å². The summed E-state index contributed by atoms with van der Waals surface area (Å²) >= 11 is 0. The van der Waals surface area contributed by atoms with Crippen LogP contribution >= 0.6 is 0 Å². The molecule has 1 unspecified atom stereocenters. The lowest BCUT2D eigenvalue weighted by Crippen LogP contribution is -2.53. The average molecular weight is 283 g/mol. The van der Waals surface area contributed by atoms with Gasteiger partial charge in [-0.2, -0.15) is 13.2 Å². The first-order valence-electron chi connectivity index (χ1n) is 5.97. The maximum absolute atomic E-state index is 12.0. The van der Waals surface area contributed by atoms with E-state index < -0.39 is 30.4 Å². The van der Waals surface area contributed by atoms with Gasteiger partial charge < -0.3 is 9.84 Å². The highest BCUT2D eigenvalue weighted by molar-refractivity contribution is 5.85. The summed E-state index contributed by atoms with van der Waals surface area (Å²) < 4.78 is 40.1. The topological polar surface area (TPSA) is 66.8 Å². The molecule has 1 saturated heterocycles. The molecule has 0 radical (unpaired) electrons. The summed E-state index contributed by atoms with van der Waals surface area (Å²) in [4.78, 5) is 23.9. The van der Waals surface area contributed by atoms with Gasteiger partial charge in [0.15, 0.2) is 6.61 Å². The van der Waals surface area contributed by atoms with Crippen molar-refractivity contribution in [1.29, 1.82) is 0 Å². The Labute approximate surface area is 108 Å². The molecule has 1 heterocycles. The van der Waals surface area contributed by atoms with Gasteiger partial charge >= 0.3 is 18.2 Å². The second-order valence-electron chi connectivity index (χ2n) is 4.51. The van der Waals surface area contributed by atoms with Gasteiger partial charge in [0.1, 0.15) is 5.54 Å². The molecule has 0 aromatic carbocycles. The summed E-state index contributed by atoms with van der Waals surface area (Å²) in [5, 5.41) is 9.27. The normalized spacial score (nSPS) is 23.5. The predicted octanol–water partition coefficient (Wildman–Crippen LogP) is 2.40. The van der Waals surface area contributed by atoms with Crippen LogP contribution in [-0.2, 0) is 9.53 Å². The molecule has 1 fully saturated rings. The number of ether oxygens (including phenoxy) is 1. The highest BCUT2D eigenvalue weighted by Gasteiger charge is 2.50. The van der Waals surface area contributed by atoms with Crippen molar-refractivity contribution >= 4 is 12.1 Å². The van der Waals surface area contributed by atoms with Crippen LogP contribution < -0.4 is 0 Å². The number of hydrogen-bond acceptors (Lipinski definition) is 3. The van der Waals surface area contributed by atoms with Crippen molar-refractivity contribution in [3.63, 3.8) is 0 Å². The van der Waals surface area contributed by atoms with E-state index >= 15 is 0 Å². The van der Waals surface area contributed by atoms with Gasteiger partial charge in [0, 0.05) is 6.54 Å². The minimum Gasteiger partial charge on any atom is -0.479 e. The molecule has 0 aliphatic carbocycles. The Morgan fingerprint density at radius 3 is 2.53 bits per heavy atom. The van der Waals surface area contributed by atoms with Gasteiger partial charge in [-0.3, -0.25) is 4.90 Å². The summed E-state index contributed by atoms with van der Waals surface area (Å²) in [5.41, 5.74) is -1.43. The lowest BCUT2D eigenvalue weighted by Gasteiger charge is -2.33. The highest BCUT2D eigenvalue weighted by Crippen LogP contribution is 2.34. The third-order valence-electron chi connectivity index (χ3n) is 3.13. The highest BCUT2D eigenvalue weighted by atomic mass is 19.4. The van der Waals surface area contributed by atoms with Gasteiger partial charge in [-0.15, -0.1) is 0 Å². The van der Waals surface area contributed by atoms with Crippen LogP contribution in [0, 0.1) is 0 Å². The van der Waals surface area contributed by atoms with Crippen molar-refractivity contribution in [2.45, 2.75) is 44.3 Å². The smallest absolute Gasteiger partial charge is 0.422 e. The van der Waals surface area contributed by atoms with Gasteiger partial charge in [0.25, 0.3) is 0 Å². The summed E-state index contributed by atoms with van der Waals surface area (Å²) in [6.45, 7) is 0.148. The predicted molar refractivity (Wildman–Crippen MR) is 58.6 cm³/mol. The van der Waals surface area contributed by atoms with E-state index in [1.165, 1.54) is 0 Å². The monoisotopic (exact) mass is 283 g/mol. The third kappa shape index (κ3) is 3.51. The zero-order chi connectivity index (χ0) is 14.7. The van der Waals surface area contributed by atoms with Gasteiger partial charge in [0.05, 0.1) is 0 Å². The molecule has 8 heteroatoms. The molecule has 19 heavy (non-hydrogen) atoms. The fourth-order valence-corrected chi connectivity index (χ4v) is 2.37. The van der Waals surface area contributed by atoms with Crippen LogP contribution in [0.2, 0.25) is 0 Å². The number of likely N-dealkylation sites (tertiary alicyclic amines) is 1. The Morgan fingerprint density at radius 2 is 2.05 bits per heavy atom. The van der Waals surface area contributed by atoms with Crippen molar-refractivity contribution in [1.82, 2.24) is 4.90 Å². The Kier molecular flexibility index (Phi) is 4.65. The van der Waals surface area contributed by atoms with Crippen molar-refractivity contribution in [3.05, 3.63) is 0 Å². The summed E-state index contributed by atoms with van der Waals surface area (Å²) in [5.74, 6) is -1.20. The number of carboxylic acid groups (broad SMARTS) is 1. The SMILES string of the molecule is CCCC1(C(=O)O)CCCN1C(=O)OCC(F)(F)F. The number of halogens is 3. The number of aliphatic carboxylic acids is 1. The number of carbonyl (C=O) groups excluding carboxylic acids is 1. The maximum Gasteiger partial charge on any atom is 0.422 e. The standard InChI is InChI=1S/C11H16F3NO4/c1-2-4-10(8(16)17)5-3-6-15(10)9(18)19-7-11(12,13)14/h2-7H2,1H3,(H,16,17). The molecule has 1 rings (SSSR count). The first-order chi connectivity index (χ1) is 8.73. The fourth-order valence-electron chi connectivity index (χ4n) is 2.37. The molecule has 0 aromatic rings. The van der Waals surface area contributed by atoms with E-state index in [4.69, 9.17) is 0 Å². The Hall–Kier alpha value is -1.47. The first kappa shape index (κ1) is 15.6. The minimum absolute atomic E-state index is 0.100. The van der Waals surface area contributed by atoms with E-state index in [9.17, 15) is 27.9 Å². The molecule has 0 spiro atoms. The van der Waals surface area contributed by atoms with Gasteiger partial charge in [-0.1, -0.05) is 13.3 Å². The fraction of sp³-hybridized carbons (Fsp3) is 0.818. The van der Waals surface area contributed by atoms with Crippen molar-refractivity contribution in [2.75, 3.05) is 13.2 Å². The summed E-state index contributed by atoms with van der Waals surface area (Å²) in [6.07, 6.45) is -4.46. The molecule has 0 saturated carbocycles. The zero-order valence-corrected chi connectivity index (χ0v) is 10.5. The van der Waals surface area contributed by atoms with E-state index in [1.54, 1.807) is 6.92 Å². The lowest BCUT2D eigenvalue weighted by molar-refractivity contribution is -0.165. The second kappa shape index (κ2) is 5.66. The van der Waals surface area contributed by atoms with Crippen LogP contribution in [0.15, 0.2) is 0 Å². The molecular weight excluding hydrogens is 267 g/mol. The van der Waals surface area contributed by atoms with Crippen LogP contribution in [0.3, 0.4) is 0 Å². The van der Waals surface area contributed by atoms with E-state index in [0.717, 1.165) is 4.90 Å². The number of nitrogens with zero attached hydrogens (tertiary/aromatic N) is 1. The van der Waals surface area contributed by atoms with Crippen LogP contribution in [0.4, 0.5) is 18.0 Å². The molecule has 1 N–H and O–H groups in total. The van der Waals surface area contributed by atoms with E-state index in [-0.39, 0.29) is 19.4 Å². The number of carboxylic acids is 1. The second-order valence-corrected chi connectivity index (χ2v) is 4.51. The Bertz CT molecular complexity index is 358. The molecule has 1 amide bonds. The number of rotatable bonds is 4.